The number of rotatable bonds is 0. The fraction of sp³-hybridized carbons (Fsp3) is 0.350. The summed E-state index contributed by atoms with van der Waals surface area (Å²) in [4.78, 5) is 19.3. The van der Waals surface area contributed by atoms with Crippen molar-refractivity contribution in [1.29, 1.82) is 0 Å². The van der Waals surface area contributed by atoms with Crippen LogP contribution in [0.15, 0.2) is 42.5 Å². The zero-order valence-electron chi connectivity index (χ0n) is 14.7. The molecule has 0 N–H and O–H groups in total. The number of urea groups is 1. The highest BCUT2D eigenvalue weighted by Gasteiger charge is 2.30. The number of benzene rings is 2. The van der Waals surface area contributed by atoms with Gasteiger partial charge in [-0.2, -0.15) is 0 Å². The van der Waals surface area contributed by atoms with E-state index >= 15 is 0 Å². The van der Waals surface area contributed by atoms with Crippen molar-refractivity contribution in [2.45, 2.75) is 13.5 Å². The minimum absolute atomic E-state index is 0.0558. The van der Waals surface area contributed by atoms with E-state index in [0.29, 0.717) is 6.54 Å². The van der Waals surface area contributed by atoms with Crippen LogP contribution < -0.4 is 9.64 Å². The molecule has 0 radical (unpaired) electrons. The Labute approximate surface area is 148 Å². The van der Waals surface area contributed by atoms with Crippen LogP contribution in [0.1, 0.15) is 11.1 Å². The van der Waals surface area contributed by atoms with Gasteiger partial charge in [-0.05, 0) is 37.7 Å². The van der Waals surface area contributed by atoms with Gasteiger partial charge in [-0.1, -0.05) is 24.3 Å². The Hall–Kier alpha value is -2.53. The maximum Gasteiger partial charge on any atom is 0.325 e. The van der Waals surface area contributed by atoms with Crippen LogP contribution in [0.5, 0.6) is 11.5 Å². The number of likely N-dealkylation sites (N-methyl/N-ethyl adjacent to an activating group) is 1. The van der Waals surface area contributed by atoms with Crippen LogP contribution in [0, 0.1) is 6.92 Å². The molecule has 4 rings (SSSR count). The molecule has 0 atom stereocenters. The van der Waals surface area contributed by atoms with Crippen LogP contribution in [-0.4, -0.2) is 49.1 Å². The lowest BCUT2D eigenvalue weighted by Crippen LogP contribution is -2.51. The van der Waals surface area contributed by atoms with E-state index in [0.717, 1.165) is 54.5 Å². The van der Waals surface area contributed by atoms with Gasteiger partial charge in [0.1, 0.15) is 5.75 Å². The topological polar surface area (TPSA) is 36.0 Å². The van der Waals surface area contributed by atoms with Crippen LogP contribution in [0.3, 0.4) is 0 Å². The molecule has 2 aliphatic rings. The van der Waals surface area contributed by atoms with Gasteiger partial charge in [0, 0.05) is 31.7 Å². The highest BCUT2D eigenvalue weighted by Crippen LogP contribution is 2.39. The van der Waals surface area contributed by atoms with Gasteiger partial charge < -0.3 is 14.5 Å². The Morgan fingerprint density at radius 1 is 1.00 bits per heavy atom. The Kier molecular flexibility index (Phi) is 4.09. The molecule has 130 valence electrons. The molecular weight excluding hydrogens is 314 g/mol. The van der Waals surface area contributed by atoms with E-state index in [1.165, 1.54) is 0 Å². The number of carbonyl (C=O) groups excluding carboxylic acids is 1. The molecule has 0 aromatic heterocycles. The third-order valence-electron chi connectivity index (χ3n) is 4.93. The van der Waals surface area contributed by atoms with Gasteiger partial charge in [0.25, 0.3) is 0 Å². The summed E-state index contributed by atoms with van der Waals surface area (Å²) in [6.07, 6.45) is 0. The monoisotopic (exact) mass is 337 g/mol. The van der Waals surface area contributed by atoms with E-state index in [2.05, 4.69) is 11.9 Å². The summed E-state index contributed by atoms with van der Waals surface area (Å²) in [6, 6.07) is 14.0. The maximum absolute atomic E-state index is 13.3. The quantitative estimate of drug-likeness (QED) is 0.738. The van der Waals surface area contributed by atoms with Crippen molar-refractivity contribution in [3.63, 3.8) is 0 Å². The maximum atomic E-state index is 13.3. The molecule has 1 fully saturated rings. The summed E-state index contributed by atoms with van der Waals surface area (Å²) in [5, 5.41) is 0. The molecule has 0 unspecified atom stereocenters. The Balaban J connectivity index is 1.72. The molecule has 5 heteroatoms. The standard InChI is InChI=1S/C20H23N3O2/c1-15-7-8-19-17(13-15)23(14-16-5-3-4-6-18(16)25-19)20(24)22-11-9-21(2)10-12-22/h3-8,13H,9-12,14H2,1-2H3. The van der Waals surface area contributed by atoms with Gasteiger partial charge in [0.15, 0.2) is 5.75 Å². The van der Waals surface area contributed by atoms with Crippen LogP contribution in [0.4, 0.5) is 10.5 Å². The van der Waals surface area contributed by atoms with Crippen LogP contribution >= 0.6 is 0 Å². The lowest BCUT2D eigenvalue weighted by atomic mass is 10.1. The zero-order chi connectivity index (χ0) is 17.4. The van der Waals surface area contributed by atoms with E-state index < -0.39 is 0 Å². The predicted octanol–water partition coefficient (Wildman–Crippen LogP) is 3.47. The molecule has 25 heavy (non-hydrogen) atoms. The molecule has 2 aliphatic heterocycles. The molecule has 5 nitrogen and oxygen atoms in total. The average Bonchev–Trinajstić information content (AvgIpc) is 2.78. The molecule has 0 saturated carbocycles. The number of carbonyl (C=O) groups is 1. The minimum Gasteiger partial charge on any atom is -0.455 e. The van der Waals surface area contributed by atoms with Gasteiger partial charge in [-0.25, -0.2) is 4.79 Å². The fourth-order valence-corrected chi connectivity index (χ4v) is 3.37. The van der Waals surface area contributed by atoms with Crippen molar-refractivity contribution in [3.8, 4) is 11.5 Å². The molecular formula is C20H23N3O2. The Morgan fingerprint density at radius 2 is 1.76 bits per heavy atom. The van der Waals surface area contributed by atoms with E-state index in [1.54, 1.807) is 0 Å². The van der Waals surface area contributed by atoms with Crippen LogP contribution in [-0.2, 0) is 6.54 Å². The zero-order valence-corrected chi connectivity index (χ0v) is 14.7. The largest absolute Gasteiger partial charge is 0.455 e. The lowest BCUT2D eigenvalue weighted by molar-refractivity contribution is 0.159. The van der Waals surface area contributed by atoms with Crippen molar-refractivity contribution in [1.82, 2.24) is 9.80 Å². The summed E-state index contributed by atoms with van der Waals surface area (Å²) in [5.41, 5.74) is 2.99. The lowest BCUT2D eigenvalue weighted by Gasteiger charge is -2.36. The molecule has 0 spiro atoms. The van der Waals surface area contributed by atoms with Gasteiger partial charge in [-0.15, -0.1) is 0 Å². The Bertz CT molecular complexity index is 797. The SMILES string of the molecule is Cc1ccc2c(c1)N(C(=O)N1CCN(C)CC1)Cc1ccccc1O2. The molecule has 2 aromatic rings. The average molecular weight is 337 g/mol. The van der Waals surface area contributed by atoms with Gasteiger partial charge in [0.2, 0.25) is 0 Å². The summed E-state index contributed by atoms with van der Waals surface area (Å²) in [6.45, 7) is 5.90. The normalized spacial score (nSPS) is 17.4. The number of para-hydroxylation sites is 1. The number of nitrogens with zero attached hydrogens (tertiary/aromatic N) is 3. The van der Waals surface area contributed by atoms with Crippen molar-refractivity contribution < 1.29 is 9.53 Å². The highest BCUT2D eigenvalue weighted by molar-refractivity contribution is 5.94. The second-order valence-electron chi connectivity index (χ2n) is 6.84. The van der Waals surface area contributed by atoms with Crippen LogP contribution in [0.2, 0.25) is 0 Å². The number of anilines is 1. The number of amides is 2. The minimum atomic E-state index is 0.0558. The molecule has 2 aromatic carbocycles. The smallest absolute Gasteiger partial charge is 0.325 e. The molecule has 2 amide bonds. The second-order valence-corrected chi connectivity index (χ2v) is 6.84. The van der Waals surface area contributed by atoms with Crippen LogP contribution in [0.25, 0.3) is 0 Å². The Morgan fingerprint density at radius 3 is 2.56 bits per heavy atom. The van der Waals surface area contributed by atoms with Gasteiger partial charge in [0.05, 0.1) is 12.2 Å². The van der Waals surface area contributed by atoms with Crippen molar-refractivity contribution >= 4 is 11.7 Å². The van der Waals surface area contributed by atoms with Gasteiger partial charge in [-0.3, -0.25) is 4.90 Å². The fourth-order valence-electron chi connectivity index (χ4n) is 3.37. The van der Waals surface area contributed by atoms with Crippen molar-refractivity contribution in [2.24, 2.45) is 0 Å². The summed E-state index contributed by atoms with van der Waals surface area (Å²) >= 11 is 0. The van der Waals surface area contributed by atoms with E-state index in [9.17, 15) is 4.79 Å². The first-order chi connectivity index (χ1) is 12.1. The van der Waals surface area contributed by atoms with E-state index in [4.69, 9.17) is 4.74 Å². The first-order valence-electron chi connectivity index (χ1n) is 8.73. The third-order valence-corrected chi connectivity index (χ3v) is 4.93. The molecule has 2 heterocycles. The summed E-state index contributed by atoms with van der Waals surface area (Å²) in [7, 11) is 2.09. The molecule has 0 bridgehead atoms. The third kappa shape index (κ3) is 3.07. The molecule has 1 saturated heterocycles. The number of aryl methyl sites for hydroxylation is 1. The van der Waals surface area contributed by atoms with E-state index in [1.807, 2.05) is 59.2 Å². The van der Waals surface area contributed by atoms with Crippen molar-refractivity contribution in [2.75, 3.05) is 38.1 Å². The summed E-state index contributed by atoms with van der Waals surface area (Å²) < 4.78 is 6.12. The summed E-state index contributed by atoms with van der Waals surface area (Å²) in [5.74, 6) is 1.55. The molecule has 0 aliphatic carbocycles. The number of ether oxygens (including phenoxy) is 1. The van der Waals surface area contributed by atoms with Crippen molar-refractivity contribution in [3.05, 3.63) is 53.6 Å². The highest BCUT2D eigenvalue weighted by atomic mass is 16.5. The predicted molar refractivity (Wildman–Crippen MR) is 98.3 cm³/mol. The number of fused-ring (bicyclic) bond motifs is 2. The van der Waals surface area contributed by atoms with Gasteiger partial charge >= 0.3 is 6.03 Å². The number of hydrogen-bond donors (Lipinski definition) is 0. The number of piperazine rings is 1. The van der Waals surface area contributed by atoms with E-state index in [-0.39, 0.29) is 6.03 Å². The number of hydrogen-bond acceptors (Lipinski definition) is 3. The second kappa shape index (κ2) is 6.41. The first-order valence-corrected chi connectivity index (χ1v) is 8.73. The first kappa shape index (κ1) is 16.0.